The maximum atomic E-state index is 11.8. The molecule has 0 radical (unpaired) electrons. The van der Waals surface area contributed by atoms with Crippen molar-refractivity contribution in [3.05, 3.63) is 0 Å². The Morgan fingerprint density at radius 3 is 2.29 bits per heavy atom. The van der Waals surface area contributed by atoms with E-state index in [2.05, 4.69) is 35.1 Å². The van der Waals surface area contributed by atoms with Crippen molar-refractivity contribution in [3.63, 3.8) is 0 Å². The van der Waals surface area contributed by atoms with E-state index in [4.69, 9.17) is 0 Å². The van der Waals surface area contributed by atoms with Crippen molar-refractivity contribution in [2.45, 2.75) is 50.9 Å². The van der Waals surface area contributed by atoms with Crippen LogP contribution in [0.3, 0.4) is 0 Å². The molecule has 1 aliphatic rings. The van der Waals surface area contributed by atoms with Crippen LogP contribution >= 0.6 is 15.9 Å². The number of amides is 1. The molecule has 0 spiro atoms. The average molecular weight is 262 g/mol. The Morgan fingerprint density at radius 2 is 1.93 bits per heavy atom. The highest BCUT2D eigenvalue weighted by Gasteiger charge is 2.39. The molecule has 1 fully saturated rings. The van der Waals surface area contributed by atoms with Crippen molar-refractivity contribution in [3.8, 4) is 0 Å². The van der Waals surface area contributed by atoms with Gasteiger partial charge in [-0.3, -0.25) is 4.79 Å². The quantitative estimate of drug-likeness (QED) is 0.775. The van der Waals surface area contributed by atoms with Gasteiger partial charge >= 0.3 is 0 Å². The molecule has 0 aromatic heterocycles. The van der Waals surface area contributed by atoms with Gasteiger partial charge in [0.1, 0.15) is 0 Å². The van der Waals surface area contributed by atoms with Crippen LogP contribution in [-0.2, 0) is 4.79 Å². The second-order valence-electron chi connectivity index (χ2n) is 5.13. The second kappa shape index (κ2) is 4.21. The number of carbonyl (C=O) groups is 1. The molecule has 0 aromatic carbocycles. The van der Waals surface area contributed by atoms with Crippen LogP contribution in [0.2, 0.25) is 0 Å². The molecule has 0 heterocycles. The third-order valence-corrected chi connectivity index (χ3v) is 4.35. The average Bonchev–Trinajstić information content (AvgIpc) is 2.83. The summed E-state index contributed by atoms with van der Waals surface area (Å²) < 4.78 is 0. The molecule has 1 saturated carbocycles. The fraction of sp³-hybridized carbons (Fsp3) is 0.909. The van der Waals surface area contributed by atoms with Crippen molar-refractivity contribution in [1.29, 1.82) is 0 Å². The van der Waals surface area contributed by atoms with Crippen LogP contribution < -0.4 is 5.32 Å². The molecule has 1 rings (SSSR count). The van der Waals surface area contributed by atoms with E-state index in [-0.39, 0.29) is 16.3 Å². The van der Waals surface area contributed by atoms with Gasteiger partial charge in [-0.1, -0.05) is 29.8 Å². The van der Waals surface area contributed by atoms with Crippen molar-refractivity contribution in [2.24, 2.45) is 11.8 Å². The van der Waals surface area contributed by atoms with Gasteiger partial charge in [0.05, 0.1) is 4.83 Å². The first-order valence-electron chi connectivity index (χ1n) is 5.30. The predicted octanol–water partition coefficient (Wildman–Crippen LogP) is 2.71. The Morgan fingerprint density at radius 1 is 1.43 bits per heavy atom. The van der Waals surface area contributed by atoms with Crippen LogP contribution in [0.15, 0.2) is 0 Å². The molecule has 2 nitrogen and oxygen atoms in total. The SMILES string of the molecule is CC(C)C(Br)C(=O)NC(C)(C)C1CC1. The van der Waals surface area contributed by atoms with Gasteiger partial charge in [-0.25, -0.2) is 0 Å². The molecule has 3 heteroatoms. The van der Waals surface area contributed by atoms with E-state index in [9.17, 15) is 4.79 Å². The lowest BCUT2D eigenvalue weighted by Crippen LogP contribution is -2.48. The molecule has 82 valence electrons. The standard InChI is InChI=1S/C11H20BrNO/c1-7(2)9(12)10(14)13-11(3,4)8-5-6-8/h7-9H,5-6H2,1-4H3,(H,13,14). The Bertz CT molecular complexity index is 221. The van der Waals surface area contributed by atoms with Crippen LogP contribution in [-0.4, -0.2) is 16.3 Å². The number of carbonyl (C=O) groups excluding carboxylic acids is 1. The third kappa shape index (κ3) is 2.97. The van der Waals surface area contributed by atoms with Crippen LogP contribution in [0.25, 0.3) is 0 Å². The molecule has 1 unspecified atom stereocenters. The lowest BCUT2D eigenvalue weighted by molar-refractivity contribution is -0.122. The molecule has 1 aliphatic carbocycles. The topological polar surface area (TPSA) is 29.1 Å². The molecule has 1 atom stereocenters. The van der Waals surface area contributed by atoms with Crippen LogP contribution in [0, 0.1) is 11.8 Å². The van der Waals surface area contributed by atoms with E-state index in [0.29, 0.717) is 11.8 Å². The number of alkyl halides is 1. The van der Waals surface area contributed by atoms with Crippen LogP contribution in [0.1, 0.15) is 40.5 Å². The van der Waals surface area contributed by atoms with Crippen LogP contribution in [0.4, 0.5) is 0 Å². The fourth-order valence-electron chi connectivity index (χ4n) is 1.60. The summed E-state index contributed by atoms with van der Waals surface area (Å²) in [4.78, 5) is 11.7. The molecule has 0 aromatic rings. The first-order chi connectivity index (χ1) is 6.34. The number of nitrogens with one attached hydrogen (secondary N) is 1. The summed E-state index contributed by atoms with van der Waals surface area (Å²) in [7, 11) is 0. The zero-order chi connectivity index (χ0) is 10.9. The van der Waals surface area contributed by atoms with E-state index in [1.165, 1.54) is 12.8 Å². The van der Waals surface area contributed by atoms with Gasteiger partial charge in [0.25, 0.3) is 0 Å². The highest BCUT2D eigenvalue weighted by Crippen LogP contribution is 2.39. The predicted molar refractivity (Wildman–Crippen MR) is 62.5 cm³/mol. The number of halogens is 1. The molecule has 14 heavy (non-hydrogen) atoms. The number of hydrogen-bond donors (Lipinski definition) is 1. The van der Waals surface area contributed by atoms with Crippen molar-refractivity contribution in [2.75, 3.05) is 0 Å². The molecule has 0 saturated heterocycles. The van der Waals surface area contributed by atoms with Gasteiger partial charge in [-0.15, -0.1) is 0 Å². The lowest BCUT2D eigenvalue weighted by Gasteiger charge is -2.28. The van der Waals surface area contributed by atoms with E-state index in [1.54, 1.807) is 0 Å². The maximum Gasteiger partial charge on any atom is 0.234 e. The maximum absolute atomic E-state index is 11.8. The van der Waals surface area contributed by atoms with Crippen molar-refractivity contribution < 1.29 is 4.79 Å². The van der Waals surface area contributed by atoms with Gasteiger partial charge in [-0.2, -0.15) is 0 Å². The molecular weight excluding hydrogens is 242 g/mol. The Kier molecular flexibility index (Phi) is 3.62. The van der Waals surface area contributed by atoms with Gasteiger partial charge in [0, 0.05) is 5.54 Å². The van der Waals surface area contributed by atoms with Gasteiger partial charge < -0.3 is 5.32 Å². The summed E-state index contributed by atoms with van der Waals surface area (Å²) in [6.07, 6.45) is 2.50. The molecule has 1 N–H and O–H groups in total. The van der Waals surface area contributed by atoms with Gasteiger partial charge in [-0.05, 0) is 38.5 Å². The molecule has 0 bridgehead atoms. The fourth-order valence-corrected chi connectivity index (χ4v) is 1.71. The molecule has 1 amide bonds. The van der Waals surface area contributed by atoms with Gasteiger partial charge in [0.15, 0.2) is 0 Å². The lowest BCUT2D eigenvalue weighted by atomic mass is 9.98. The Balaban J connectivity index is 2.46. The summed E-state index contributed by atoms with van der Waals surface area (Å²) in [6.45, 7) is 8.32. The second-order valence-corrected chi connectivity index (χ2v) is 6.12. The summed E-state index contributed by atoms with van der Waals surface area (Å²) in [6, 6.07) is 0. The van der Waals surface area contributed by atoms with Crippen LogP contribution in [0.5, 0.6) is 0 Å². The Labute approximate surface area is 95.0 Å². The minimum absolute atomic E-state index is 0.0298. The van der Waals surface area contributed by atoms with E-state index >= 15 is 0 Å². The van der Waals surface area contributed by atoms with Crippen molar-refractivity contribution in [1.82, 2.24) is 5.32 Å². The Hall–Kier alpha value is -0.0500. The summed E-state index contributed by atoms with van der Waals surface area (Å²) in [5.74, 6) is 1.14. The first-order valence-corrected chi connectivity index (χ1v) is 6.22. The summed E-state index contributed by atoms with van der Waals surface area (Å²) >= 11 is 3.42. The number of rotatable bonds is 4. The van der Waals surface area contributed by atoms with E-state index < -0.39 is 0 Å². The highest BCUT2D eigenvalue weighted by atomic mass is 79.9. The normalized spacial score (nSPS) is 19.6. The summed E-state index contributed by atoms with van der Waals surface area (Å²) in [5, 5.41) is 3.11. The zero-order valence-corrected chi connectivity index (χ0v) is 11.0. The smallest absolute Gasteiger partial charge is 0.234 e. The minimum atomic E-state index is -0.0690. The van der Waals surface area contributed by atoms with E-state index in [1.807, 2.05) is 13.8 Å². The molecular formula is C11H20BrNO. The monoisotopic (exact) mass is 261 g/mol. The largest absolute Gasteiger partial charge is 0.350 e. The highest BCUT2D eigenvalue weighted by molar-refractivity contribution is 9.10. The zero-order valence-electron chi connectivity index (χ0n) is 9.43. The first kappa shape index (κ1) is 12.0. The number of hydrogen-bond acceptors (Lipinski definition) is 1. The molecule has 0 aliphatic heterocycles. The van der Waals surface area contributed by atoms with E-state index in [0.717, 1.165) is 0 Å². The van der Waals surface area contributed by atoms with Crippen molar-refractivity contribution >= 4 is 21.8 Å². The van der Waals surface area contributed by atoms with Gasteiger partial charge in [0.2, 0.25) is 5.91 Å². The third-order valence-electron chi connectivity index (χ3n) is 2.88. The minimum Gasteiger partial charge on any atom is -0.350 e. The summed E-state index contributed by atoms with van der Waals surface area (Å²) in [5.41, 5.74) is -0.0298.